The fraction of sp³-hybridized carbons (Fsp3) is 0.333. The first-order valence-electron chi connectivity index (χ1n) is 18.9. The van der Waals surface area contributed by atoms with Crippen molar-refractivity contribution >= 4 is 48.0 Å². The Morgan fingerprint density at radius 2 is 1.68 bits per heavy atom. The number of allylic oxidation sites excluding steroid dienone is 8. The second-order valence-corrected chi connectivity index (χ2v) is 13.3. The number of carbonyl (C=O) groups excluding carboxylic acids is 5. The number of nitrogens with zero attached hydrogens (tertiary/aromatic N) is 1. The normalized spacial score (nSPS) is 16.2. The molecule has 1 aromatic heterocycles. The molecule has 1 aromatic carbocycles. The van der Waals surface area contributed by atoms with E-state index >= 15 is 0 Å². The Morgan fingerprint density at radius 1 is 0.933 bits per heavy atom. The highest BCUT2D eigenvalue weighted by Gasteiger charge is 2.34. The van der Waals surface area contributed by atoms with Crippen LogP contribution in [0.25, 0.3) is 11.3 Å². The minimum absolute atomic E-state index is 0.0754. The van der Waals surface area contributed by atoms with Crippen molar-refractivity contribution in [1.82, 2.24) is 21.0 Å². The number of amides is 4. The molecular formula is C42H48N4O14. The Labute approximate surface area is 345 Å². The quantitative estimate of drug-likeness (QED) is 0.0394. The summed E-state index contributed by atoms with van der Waals surface area (Å²) in [5.41, 5.74) is 0.887. The zero-order valence-electron chi connectivity index (χ0n) is 33.1. The highest BCUT2D eigenvalue weighted by atomic mass is 16.7. The van der Waals surface area contributed by atoms with Crippen LogP contribution in [0.4, 0.5) is 0 Å². The molecule has 0 saturated heterocycles. The number of nitrogens with one attached hydrogen (secondary N) is 3. The number of carbonyl (C=O) groups is 8. The fourth-order valence-electron chi connectivity index (χ4n) is 5.87. The number of ether oxygens (including phenoxy) is 1. The largest absolute Gasteiger partial charge is 0.481 e. The van der Waals surface area contributed by atoms with E-state index in [2.05, 4.69) is 22.5 Å². The SMILES string of the molecule is C=C1/C=C\C=C/C/C(C(=O)ON(C=O)[C@H](CC)[C@@H](CCCCC)C(=O)NCNC(=O)c2ccc(-c3ccc(C(=O)N[C@@H](CC(=O)O)C(=O)O)c(OCC(=O)O)c3)o2)=C\C=C/1. The van der Waals surface area contributed by atoms with Gasteiger partial charge in [-0.2, -0.15) is 5.06 Å². The summed E-state index contributed by atoms with van der Waals surface area (Å²) in [7, 11) is 0. The van der Waals surface area contributed by atoms with Crippen molar-refractivity contribution in [2.24, 2.45) is 5.92 Å². The van der Waals surface area contributed by atoms with Crippen molar-refractivity contribution < 1.29 is 67.7 Å². The van der Waals surface area contributed by atoms with E-state index < -0.39 is 72.6 Å². The first kappa shape index (κ1) is 47.1. The maximum atomic E-state index is 13.6. The average molecular weight is 833 g/mol. The lowest BCUT2D eigenvalue weighted by Crippen LogP contribution is -2.49. The third-order valence-electron chi connectivity index (χ3n) is 8.91. The predicted molar refractivity (Wildman–Crippen MR) is 214 cm³/mol. The van der Waals surface area contributed by atoms with Crippen LogP contribution in [0, 0.1) is 5.92 Å². The van der Waals surface area contributed by atoms with Gasteiger partial charge in [0.15, 0.2) is 12.4 Å². The molecule has 6 N–H and O–H groups in total. The fourth-order valence-corrected chi connectivity index (χ4v) is 5.87. The van der Waals surface area contributed by atoms with Gasteiger partial charge in [-0.3, -0.25) is 24.0 Å². The first-order valence-corrected chi connectivity index (χ1v) is 18.9. The summed E-state index contributed by atoms with van der Waals surface area (Å²) in [5.74, 6) is -8.80. The molecule has 0 bridgehead atoms. The van der Waals surface area contributed by atoms with Crippen LogP contribution in [-0.4, -0.2) is 93.8 Å². The molecule has 18 nitrogen and oxygen atoms in total. The monoisotopic (exact) mass is 832 g/mol. The number of carboxylic acid groups (broad SMARTS) is 3. The Kier molecular flexibility index (Phi) is 18.7. The van der Waals surface area contributed by atoms with Gasteiger partial charge in [-0.15, -0.1) is 0 Å². The Bertz CT molecular complexity index is 2050. The number of hydrogen-bond donors (Lipinski definition) is 6. The third kappa shape index (κ3) is 14.6. The van der Waals surface area contributed by atoms with Crippen molar-refractivity contribution in [3.63, 3.8) is 0 Å². The minimum Gasteiger partial charge on any atom is -0.481 e. The summed E-state index contributed by atoms with van der Waals surface area (Å²) in [6.07, 6.45) is 14.6. The van der Waals surface area contributed by atoms with Crippen molar-refractivity contribution in [1.29, 1.82) is 0 Å². The maximum absolute atomic E-state index is 13.6. The third-order valence-corrected chi connectivity index (χ3v) is 8.91. The molecule has 0 aliphatic heterocycles. The van der Waals surface area contributed by atoms with E-state index in [-0.39, 0.29) is 53.5 Å². The van der Waals surface area contributed by atoms with Gasteiger partial charge in [-0.05, 0) is 49.1 Å². The van der Waals surface area contributed by atoms with Gasteiger partial charge in [0.2, 0.25) is 12.3 Å². The molecule has 1 heterocycles. The van der Waals surface area contributed by atoms with E-state index in [4.69, 9.17) is 24.2 Å². The second-order valence-electron chi connectivity index (χ2n) is 13.3. The van der Waals surface area contributed by atoms with E-state index in [0.717, 1.165) is 17.9 Å². The summed E-state index contributed by atoms with van der Waals surface area (Å²) < 4.78 is 10.9. The highest BCUT2D eigenvalue weighted by molar-refractivity contribution is 6.00. The standard InChI is InChI=1S/C42H48N4O14/c1-4-6-8-16-29(32(5-2)46(25-47)60-42(57)27-14-10-7-9-12-26(3)13-11-15-27)38(52)43-24-44-40(54)34-20-19-33(59-34)28-17-18-30(35(21-28)58-23-37(50)51)39(53)45-31(41(55)56)22-36(48)49/h7,9-13,15,17-21,25,29,31-32H,3-6,8,14,16,22-24H2,1-2H3,(H,43,52)(H,44,54)(H,45,53)(H,48,49)(H,50,51)(H,55,56)/b10-7-,12-9-,13-11-,27-15+/t29-,31+,32-/m1/s1. The van der Waals surface area contributed by atoms with Crippen molar-refractivity contribution in [2.75, 3.05) is 13.3 Å². The number of hydrogen-bond acceptors (Lipinski definition) is 11. The van der Waals surface area contributed by atoms with Gasteiger partial charge >= 0.3 is 23.9 Å². The van der Waals surface area contributed by atoms with E-state index in [0.29, 0.717) is 24.8 Å². The summed E-state index contributed by atoms with van der Waals surface area (Å²) in [6, 6.07) is 3.82. The molecule has 320 valence electrons. The molecule has 3 atom stereocenters. The minimum atomic E-state index is -1.79. The summed E-state index contributed by atoms with van der Waals surface area (Å²) in [6.45, 7) is 6.39. The number of rotatable bonds is 23. The number of aliphatic carboxylic acids is 3. The summed E-state index contributed by atoms with van der Waals surface area (Å²) >= 11 is 0. The van der Waals surface area contributed by atoms with Gasteiger partial charge in [0, 0.05) is 11.1 Å². The van der Waals surface area contributed by atoms with Crippen LogP contribution in [0.3, 0.4) is 0 Å². The molecule has 0 spiro atoms. The molecule has 4 amide bonds. The van der Waals surface area contributed by atoms with E-state index in [1.165, 1.54) is 30.3 Å². The van der Waals surface area contributed by atoms with Gasteiger partial charge in [-0.1, -0.05) is 88.3 Å². The average Bonchev–Trinajstić information content (AvgIpc) is 3.71. The Hall–Kier alpha value is -7.24. The molecular weight excluding hydrogens is 784 g/mol. The lowest BCUT2D eigenvalue weighted by Gasteiger charge is -2.32. The number of benzene rings is 1. The van der Waals surface area contributed by atoms with Crippen LogP contribution in [0.2, 0.25) is 0 Å². The van der Waals surface area contributed by atoms with E-state index in [1.54, 1.807) is 49.5 Å². The molecule has 0 saturated carbocycles. The zero-order valence-corrected chi connectivity index (χ0v) is 33.1. The topological polar surface area (TPSA) is 268 Å². The molecule has 60 heavy (non-hydrogen) atoms. The van der Waals surface area contributed by atoms with Crippen LogP contribution < -0.4 is 20.7 Å². The smallest absolute Gasteiger partial charge is 0.359 e. The first-order chi connectivity index (χ1) is 28.7. The van der Waals surface area contributed by atoms with Crippen LogP contribution in [0.1, 0.15) is 79.7 Å². The lowest BCUT2D eigenvalue weighted by atomic mass is 9.90. The number of unbranched alkanes of at least 4 members (excludes halogenated alkanes) is 2. The second kappa shape index (κ2) is 23.9. The maximum Gasteiger partial charge on any atom is 0.359 e. The highest BCUT2D eigenvalue weighted by Crippen LogP contribution is 2.30. The number of hydroxylamine groups is 2. The molecule has 0 fully saturated rings. The lowest BCUT2D eigenvalue weighted by molar-refractivity contribution is -0.200. The van der Waals surface area contributed by atoms with Crippen molar-refractivity contribution in [2.45, 2.75) is 70.9 Å². The molecule has 1 aliphatic rings. The van der Waals surface area contributed by atoms with Crippen LogP contribution in [-0.2, 0) is 33.6 Å². The molecule has 18 heteroatoms. The molecule has 0 unspecified atom stereocenters. The van der Waals surface area contributed by atoms with Gasteiger partial charge in [0.05, 0.1) is 30.6 Å². The van der Waals surface area contributed by atoms with Gasteiger partial charge in [-0.25, -0.2) is 14.4 Å². The van der Waals surface area contributed by atoms with Crippen molar-refractivity contribution in [3.8, 4) is 17.1 Å². The van der Waals surface area contributed by atoms with Crippen molar-refractivity contribution in [3.05, 3.63) is 102 Å². The van der Waals surface area contributed by atoms with Gasteiger partial charge in [0.25, 0.3) is 11.8 Å². The van der Waals surface area contributed by atoms with Crippen LogP contribution in [0.5, 0.6) is 5.75 Å². The summed E-state index contributed by atoms with van der Waals surface area (Å²) in [5, 5.41) is 35.6. The molecule has 3 rings (SSSR count). The van der Waals surface area contributed by atoms with Gasteiger partial charge in [0.1, 0.15) is 17.6 Å². The van der Waals surface area contributed by atoms with Crippen LogP contribution in [0.15, 0.2) is 95.0 Å². The zero-order chi connectivity index (χ0) is 44.2. The Balaban J connectivity index is 1.73. The summed E-state index contributed by atoms with van der Waals surface area (Å²) in [4.78, 5) is 104. The van der Waals surface area contributed by atoms with Crippen LogP contribution >= 0.6 is 0 Å². The number of furan rings is 1. The van der Waals surface area contributed by atoms with E-state index in [1.807, 2.05) is 6.92 Å². The molecule has 2 aromatic rings. The van der Waals surface area contributed by atoms with E-state index in [9.17, 15) is 43.5 Å². The predicted octanol–water partition coefficient (Wildman–Crippen LogP) is 4.32. The molecule has 0 radical (unpaired) electrons. The number of carboxylic acids is 3. The molecule has 1 aliphatic carbocycles. The van der Waals surface area contributed by atoms with Gasteiger partial charge < -0.3 is 45.3 Å². The Morgan fingerprint density at radius 3 is 2.35 bits per heavy atom.